The number of amidine groups is 1. The summed E-state index contributed by atoms with van der Waals surface area (Å²) in [7, 11) is 0. The van der Waals surface area contributed by atoms with Gasteiger partial charge in [-0.1, -0.05) is 11.8 Å². The molecule has 1 aliphatic rings. The van der Waals surface area contributed by atoms with Crippen LogP contribution in [0.15, 0.2) is 5.16 Å². The number of rotatable bonds is 5. The largest absolute Gasteiger partial charge is 0.459 e. The Balaban J connectivity index is 2.28. The predicted octanol–water partition coefficient (Wildman–Crippen LogP) is 1.79. The third-order valence-corrected chi connectivity index (χ3v) is 3.42. The molecule has 0 bridgehead atoms. The van der Waals surface area contributed by atoms with E-state index in [-0.39, 0.29) is 18.2 Å². The first kappa shape index (κ1) is 15.1. The quantitative estimate of drug-likeness (QED) is 0.632. The van der Waals surface area contributed by atoms with E-state index in [0.717, 1.165) is 0 Å². The van der Waals surface area contributed by atoms with Gasteiger partial charge < -0.3 is 10.1 Å². The number of nitrogens with one attached hydrogen (secondary N) is 2. The smallest absolute Gasteiger partial charge is 0.291 e. The van der Waals surface area contributed by atoms with Crippen LogP contribution < -0.4 is 10.2 Å². The molecule has 2 N–H and O–H groups in total. The molecule has 1 saturated heterocycles. The molecule has 110 valence electrons. The second-order valence-electron chi connectivity index (χ2n) is 4.55. The molecule has 1 fully saturated rings. The standard InChI is InChI=1S/C11H17ClN6OS/c1-6(2)14-9-15-10(17-11(16-9)20-3)18-5-7(4-12)19-8(18)13/h6-7,13H,4-5H2,1-3H3,(H,14,15,16,17)/t7-/m1/s1. The number of thioether (sulfide) groups is 1. The SMILES string of the molecule is CSc1nc(NC(C)C)nc(N2C[C@@H](CCl)OC2=N)n1. The number of aromatic nitrogens is 3. The van der Waals surface area contributed by atoms with Gasteiger partial charge in [-0.2, -0.15) is 15.0 Å². The zero-order valence-electron chi connectivity index (χ0n) is 11.6. The Hall–Kier alpha value is -1.28. The first-order chi connectivity index (χ1) is 9.53. The van der Waals surface area contributed by atoms with Crippen molar-refractivity contribution in [1.29, 1.82) is 5.41 Å². The molecule has 9 heteroatoms. The zero-order valence-corrected chi connectivity index (χ0v) is 13.1. The lowest BCUT2D eigenvalue weighted by molar-refractivity contribution is 0.253. The van der Waals surface area contributed by atoms with E-state index < -0.39 is 0 Å². The van der Waals surface area contributed by atoms with Crippen LogP contribution >= 0.6 is 23.4 Å². The van der Waals surface area contributed by atoms with Crippen molar-refractivity contribution in [2.75, 3.05) is 28.9 Å². The normalized spacial score (nSPS) is 18.6. The van der Waals surface area contributed by atoms with Crippen LogP contribution in [-0.2, 0) is 4.74 Å². The average Bonchev–Trinajstić information content (AvgIpc) is 2.79. The van der Waals surface area contributed by atoms with Crippen molar-refractivity contribution in [2.24, 2.45) is 0 Å². The number of alkyl halides is 1. The summed E-state index contributed by atoms with van der Waals surface area (Å²) >= 11 is 7.19. The Labute approximate surface area is 127 Å². The van der Waals surface area contributed by atoms with Crippen molar-refractivity contribution in [3.8, 4) is 0 Å². The summed E-state index contributed by atoms with van der Waals surface area (Å²) in [6.07, 6.45) is 1.69. The third kappa shape index (κ3) is 3.43. The molecular weight excluding hydrogens is 300 g/mol. The van der Waals surface area contributed by atoms with Gasteiger partial charge in [0.15, 0.2) is 5.16 Å². The van der Waals surface area contributed by atoms with Gasteiger partial charge in [0.1, 0.15) is 6.10 Å². The molecule has 1 aromatic rings. The molecule has 0 saturated carbocycles. The maximum atomic E-state index is 7.83. The summed E-state index contributed by atoms with van der Waals surface area (Å²) < 4.78 is 5.32. The van der Waals surface area contributed by atoms with Crippen LogP contribution in [0.5, 0.6) is 0 Å². The van der Waals surface area contributed by atoms with Gasteiger partial charge >= 0.3 is 0 Å². The maximum Gasteiger partial charge on any atom is 0.291 e. The van der Waals surface area contributed by atoms with Gasteiger partial charge in [0, 0.05) is 6.04 Å². The van der Waals surface area contributed by atoms with E-state index in [9.17, 15) is 0 Å². The summed E-state index contributed by atoms with van der Waals surface area (Å²) in [5.41, 5.74) is 0. The molecule has 0 unspecified atom stereocenters. The maximum absolute atomic E-state index is 7.83. The minimum absolute atomic E-state index is 0.0180. The van der Waals surface area contributed by atoms with E-state index in [1.807, 2.05) is 20.1 Å². The van der Waals surface area contributed by atoms with E-state index in [1.165, 1.54) is 11.8 Å². The zero-order chi connectivity index (χ0) is 14.7. The van der Waals surface area contributed by atoms with Crippen LogP contribution in [0.25, 0.3) is 0 Å². The van der Waals surface area contributed by atoms with Gasteiger partial charge in [-0.05, 0) is 20.1 Å². The Kier molecular flexibility index (Phi) is 4.87. The van der Waals surface area contributed by atoms with E-state index in [1.54, 1.807) is 4.90 Å². The first-order valence-electron chi connectivity index (χ1n) is 6.18. The minimum Gasteiger partial charge on any atom is -0.459 e. The number of hydrogen-bond acceptors (Lipinski definition) is 7. The Morgan fingerprint density at radius 3 is 2.80 bits per heavy atom. The number of anilines is 2. The van der Waals surface area contributed by atoms with E-state index >= 15 is 0 Å². The van der Waals surface area contributed by atoms with Crippen molar-refractivity contribution < 1.29 is 4.74 Å². The molecule has 1 aromatic heterocycles. The van der Waals surface area contributed by atoms with Gasteiger partial charge in [0.25, 0.3) is 6.02 Å². The van der Waals surface area contributed by atoms with Crippen LogP contribution in [0.1, 0.15) is 13.8 Å². The molecule has 1 atom stereocenters. The van der Waals surface area contributed by atoms with E-state index in [2.05, 4.69) is 20.3 Å². The second kappa shape index (κ2) is 6.45. The van der Waals surface area contributed by atoms with Gasteiger partial charge in [-0.3, -0.25) is 10.3 Å². The molecule has 0 spiro atoms. The van der Waals surface area contributed by atoms with E-state index in [0.29, 0.717) is 29.5 Å². The number of ether oxygens (including phenoxy) is 1. The highest BCUT2D eigenvalue weighted by atomic mass is 35.5. The predicted molar refractivity (Wildman–Crippen MR) is 81.0 cm³/mol. The molecule has 2 heterocycles. The molecular formula is C11H17ClN6OS. The van der Waals surface area contributed by atoms with Gasteiger partial charge in [-0.15, -0.1) is 11.6 Å². The fraction of sp³-hybridized carbons (Fsp3) is 0.636. The highest BCUT2D eigenvalue weighted by Crippen LogP contribution is 2.21. The summed E-state index contributed by atoms with van der Waals surface area (Å²) in [5.74, 6) is 1.23. The summed E-state index contributed by atoms with van der Waals surface area (Å²) in [6, 6.07) is 0.231. The topological polar surface area (TPSA) is 87.0 Å². The third-order valence-electron chi connectivity index (χ3n) is 2.53. The van der Waals surface area contributed by atoms with Gasteiger partial charge in [-0.25, -0.2) is 0 Å². The molecule has 2 rings (SSSR count). The van der Waals surface area contributed by atoms with Crippen molar-refractivity contribution in [2.45, 2.75) is 31.1 Å². The average molecular weight is 317 g/mol. The molecule has 0 aromatic carbocycles. The Morgan fingerprint density at radius 1 is 1.50 bits per heavy atom. The second-order valence-corrected chi connectivity index (χ2v) is 5.64. The van der Waals surface area contributed by atoms with Crippen LogP contribution in [0.2, 0.25) is 0 Å². The van der Waals surface area contributed by atoms with Crippen molar-refractivity contribution in [3.63, 3.8) is 0 Å². The Morgan fingerprint density at radius 2 is 2.25 bits per heavy atom. The summed E-state index contributed by atoms with van der Waals surface area (Å²) in [4.78, 5) is 14.6. The fourth-order valence-electron chi connectivity index (χ4n) is 1.68. The Bertz CT molecular complexity index is 500. The summed E-state index contributed by atoms with van der Waals surface area (Å²) in [6.45, 7) is 4.49. The molecule has 1 aliphatic heterocycles. The molecule has 0 amide bonds. The molecule has 0 radical (unpaired) electrons. The highest BCUT2D eigenvalue weighted by Gasteiger charge is 2.31. The molecule has 7 nitrogen and oxygen atoms in total. The fourth-order valence-corrected chi connectivity index (χ4v) is 2.19. The molecule has 20 heavy (non-hydrogen) atoms. The molecule has 0 aliphatic carbocycles. The monoisotopic (exact) mass is 316 g/mol. The lowest BCUT2D eigenvalue weighted by Crippen LogP contribution is -2.28. The van der Waals surface area contributed by atoms with Crippen molar-refractivity contribution >= 4 is 41.3 Å². The first-order valence-corrected chi connectivity index (χ1v) is 7.94. The number of hydrogen-bond donors (Lipinski definition) is 2. The van der Waals surface area contributed by atoms with Crippen LogP contribution in [-0.4, -0.2) is 51.8 Å². The minimum atomic E-state index is -0.208. The van der Waals surface area contributed by atoms with Crippen molar-refractivity contribution in [1.82, 2.24) is 15.0 Å². The highest BCUT2D eigenvalue weighted by molar-refractivity contribution is 7.98. The van der Waals surface area contributed by atoms with Crippen molar-refractivity contribution in [3.05, 3.63) is 0 Å². The van der Waals surface area contributed by atoms with Crippen LogP contribution in [0.4, 0.5) is 11.9 Å². The van der Waals surface area contributed by atoms with Gasteiger partial charge in [0.2, 0.25) is 11.9 Å². The lowest BCUT2D eigenvalue weighted by atomic mass is 10.4. The number of nitrogens with zero attached hydrogens (tertiary/aromatic N) is 4. The van der Waals surface area contributed by atoms with Crippen LogP contribution in [0.3, 0.4) is 0 Å². The van der Waals surface area contributed by atoms with E-state index in [4.69, 9.17) is 21.7 Å². The summed E-state index contributed by atoms with van der Waals surface area (Å²) in [5, 5.41) is 11.6. The number of halogens is 1. The lowest BCUT2D eigenvalue weighted by Gasteiger charge is -2.15. The van der Waals surface area contributed by atoms with Gasteiger partial charge in [0.05, 0.1) is 12.4 Å². The van der Waals surface area contributed by atoms with Crippen LogP contribution in [0, 0.1) is 5.41 Å².